The highest BCUT2D eigenvalue weighted by molar-refractivity contribution is 5.87. The van der Waals surface area contributed by atoms with Crippen LogP contribution in [0, 0.1) is 0 Å². The standard InChI is InChI=1S/C20H33N3O4.C11H22N2O3.C3H8/c1-14(2)27-16-10-8-15(9-11-16)13-18(22-3)19(24)23-17(20(25)26-4)7-5-6-12-21;1-11(2,3)16-10(15)13-9(8-14)6-4-5-7-12;1-3-2/h8-11,14,17-18,22H,5-7,12-13,21H2,1-4H3,(H,23,24);8-9H,4-7,12H2,1-3H3,(H,13,15);3H2,1-2H3. The normalized spacial score (nSPS) is 12.6. The number of carbonyl (C=O) groups excluding carboxylic acids is 4. The van der Waals surface area contributed by atoms with Gasteiger partial charge in [-0.15, -0.1) is 0 Å². The summed E-state index contributed by atoms with van der Waals surface area (Å²) in [5, 5.41) is 8.32. The second-order valence-electron chi connectivity index (χ2n) is 12.1. The minimum absolute atomic E-state index is 0.112. The molecule has 1 aromatic rings. The summed E-state index contributed by atoms with van der Waals surface area (Å²) in [5.74, 6) is 0.124. The number of rotatable bonds is 18. The van der Waals surface area contributed by atoms with Gasteiger partial charge in [0, 0.05) is 0 Å². The van der Waals surface area contributed by atoms with Crippen LogP contribution < -0.4 is 32.2 Å². The number of hydrogen-bond acceptors (Lipinski definition) is 10. The average molecular weight is 654 g/mol. The first-order valence-corrected chi connectivity index (χ1v) is 16.4. The largest absolute Gasteiger partial charge is 0.491 e. The maximum atomic E-state index is 12.6. The average Bonchev–Trinajstić information content (AvgIpc) is 2.98. The van der Waals surface area contributed by atoms with Crippen LogP contribution in [0.3, 0.4) is 0 Å². The van der Waals surface area contributed by atoms with Crippen LogP contribution in [0.1, 0.15) is 99.0 Å². The molecule has 0 fully saturated rings. The number of hydrogen-bond donors (Lipinski definition) is 5. The molecular formula is C34H63N5O7. The second-order valence-corrected chi connectivity index (χ2v) is 12.1. The van der Waals surface area contributed by atoms with Crippen molar-refractivity contribution in [3.8, 4) is 5.75 Å². The molecule has 0 spiro atoms. The molecular weight excluding hydrogens is 590 g/mol. The predicted molar refractivity (Wildman–Crippen MR) is 184 cm³/mol. The summed E-state index contributed by atoms with van der Waals surface area (Å²) >= 11 is 0. The lowest BCUT2D eigenvalue weighted by Gasteiger charge is -2.21. The molecule has 0 aliphatic carbocycles. The lowest BCUT2D eigenvalue weighted by Crippen LogP contribution is -2.50. The maximum Gasteiger partial charge on any atom is 0.408 e. The molecule has 3 unspecified atom stereocenters. The van der Waals surface area contributed by atoms with E-state index >= 15 is 0 Å². The van der Waals surface area contributed by atoms with Gasteiger partial charge in [0.05, 0.1) is 25.3 Å². The van der Waals surface area contributed by atoms with Crippen molar-refractivity contribution < 1.29 is 33.4 Å². The van der Waals surface area contributed by atoms with Crippen LogP contribution in [0.15, 0.2) is 24.3 Å². The number of benzene rings is 1. The SMILES string of the molecule is CC(C)(C)OC(=O)NC(C=O)CCCCN.CCC.CNC(Cc1ccc(OC(C)C)cc1)C(=O)NC(CCCCN)C(=O)OC. The highest BCUT2D eigenvalue weighted by Gasteiger charge is 2.25. The van der Waals surface area contributed by atoms with E-state index in [0.717, 1.165) is 43.3 Å². The summed E-state index contributed by atoms with van der Waals surface area (Å²) in [6.45, 7) is 14.7. The molecule has 12 nitrogen and oxygen atoms in total. The van der Waals surface area contributed by atoms with Crippen LogP contribution in [0.4, 0.5) is 4.79 Å². The van der Waals surface area contributed by atoms with Crippen molar-refractivity contribution in [2.45, 2.75) is 130 Å². The Morgan fingerprint density at radius 2 is 1.43 bits per heavy atom. The van der Waals surface area contributed by atoms with E-state index in [9.17, 15) is 19.2 Å². The summed E-state index contributed by atoms with van der Waals surface area (Å²) in [5.41, 5.74) is 11.3. The predicted octanol–water partition coefficient (Wildman–Crippen LogP) is 4.02. The number of unbranched alkanes of at least 4 members (excludes halogenated alkanes) is 2. The summed E-state index contributed by atoms with van der Waals surface area (Å²) in [6.07, 6.45) is 6.34. The van der Waals surface area contributed by atoms with Crippen LogP contribution in [0.25, 0.3) is 0 Å². The van der Waals surface area contributed by atoms with Crippen LogP contribution in [-0.4, -0.2) is 81.3 Å². The van der Waals surface area contributed by atoms with Gasteiger partial charge in [0.25, 0.3) is 0 Å². The van der Waals surface area contributed by atoms with Gasteiger partial charge < -0.3 is 46.4 Å². The number of methoxy groups -OCH3 is 1. The van der Waals surface area contributed by atoms with Gasteiger partial charge in [0.15, 0.2) is 0 Å². The fourth-order valence-electron chi connectivity index (χ4n) is 3.84. The summed E-state index contributed by atoms with van der Waals surface area (Å²) < 4.78 is 15.5. The number of esters is 1. The van der Waals surface area contributed by atoms with Crippen LogP contribution in [-0.2, 0) is 30.3 Å². The molecule has 0 bridgehead atoms. The summed E-state index contributed by atoms with van der Waals surface area (Å²) in [7, 11) is 3.04. The minimum Gasteiger partial charge on any atom is -0.491 e. The maximum absolute atomic E-state index is 12.6. The van der Waals surface area contributed by atoms with E-state index in [1.807, 2.05) is 38.1 Å². The van der Waals surface area contributed by atoms with E-state index in [1.165, 1.54) is 13.5 Å². The molecule has 46 heavy (non-hydrogen) atoms. The Morgan fingerprint density at radius 3 is 1.87 bits per heavy atom. The summed E-state index contributed by atoms with van der Waals surface area (Å²) in [6, 6.07) is 6.06. The number of nitrogens with two attached hydrogens (primary N) is 2. The van der Waals surface area contributed by atoms with Crippen LogP contribution in [0.2, 0.25) is 0 Å². The van der Waals surface area contributed by atoms with Crippen molar-refractivity contribution in [1.82, 2.24) is 16.0 Å². The van der Waals surface area contributed by atoms with Gasteiger partial charge in [-0.2, -0.15) is 0 Å². The van der Waals surface area contributed by atoms with Crippen molar-refractivity contribution in [2.75, 3.05) is 27.2 Å². The monoisotopic (exact) mass is 653 g/mol. The third-order valence-corrected chi connectivity index (χ3v) is 5.98. The summed E-state index contributed by atoms with van der Waals surface area (Å²) in [4.78, 5) is 46.6. The lowest BCUT2D eigenvalue weighted by atomic mass is 10.0. The van der Waals surface area contributed by atoms with Crippen molar-refractivity contribution in [3.05, 3.63) is 29.8 Å². The number of alkyl carbamates (subject to hydrolysis) is 1. The molecule has 266 valence electrons. The molecule has 0 saturated heterocycles. The molecule has 1 rings (SSSR count). The zero-order chi connectivity index (χ0) is 35.5. The van der Waals surface area contributed by atoms with Gasteiger partial charge in [0.1, 0.15) is 23.7 Å². The third-order valence-electron chi connectivity index (χ3n) is 5.98. The molecule has 0 radical (unpaired) electrons. The van der Waals surface area contributed by atoms with Gasteiger partial charge in [-0.25, -0.2) is 9.59 Å². The van der Waals surface area contributed by atoms with Crippen LogP contribution >= 0.6 is 0 Å². The molecule has 0 aliphatic rings. The molecule has 0 aromatic heterocycles. The highest BCUT2D eigenvalue weighted by Crippen LogP contribution is 2.15. The van der Waals surface area contributed by atoms with Crippen molar-refractivity contribution in [1.29, 1.82) is 0 Å². The Balaban J connectivity index is 0. The van der Waals surface area contributed by atoms with Crippen molar-refractivity contribution in [2.24, 2.45) is 11.5 Å². The van der Waals surface area contributed by atoms with E-state index in [-0.39, 0.29) is 12.0 Å². The molecule has 7 N–H and O–H groups in total. The Hall–Kier alpha value is -3.22. The first-order chi connectivity index (χ1) is 21.7. The number of aldehydes is 1. The molecule has 0 aliphatic heterocycles. The smallest absolute Gasteiger partial charge is 0.408 e. The van der Waals surface area contributed by atoms with Gasteiger partial charge in [0.2, 0.25) is 5.91 Å². The van der Waals surface area contributed by atoms with E-state index in [0.29, 0.717) is 32.4 Å². The highest BCUT2D eigenvalue weighted by atomic mass is 16.6. The van der Waals surface area contributed by atoms with E-state index < -0.39 is 35.8 Å². The number of amides is 2. The van der Waals surface area contributed by atoms with Gasteiger partial charge in [-0.1, -0.05) is 32.4 Å². The zero-order valence-electron chi connectivity index (χ0n) is 29.8. The van der Waals surface area contributed by atoms with E-state index in [2.05, 4.69) is 29.8 Å². The third kappa shape index (κ3) is 24.1. The Bertz CT molecular complexity index is 952. The Morgan fingerprint density at radius 1 is 0.891 bits per heavy atom. The molecule has 0 saturated carbocycles. The zero-order valence-corrected chi connectivity index (χ0v) is 29.8. The first kappa shape index (κ1) is 44.9. The molecule has 3 atom stereocenters. The van der Waals surface area contributed by atoms with Gasteiger partial charge in [-0.05, 0) is 117 Å². The Labute approximate surface area is 277 Å². The second kappa shape index (κ2) is 26.9. The molecule has 1 aromatic carbocycles. The molecule has 0 heterocycles. The van der Waals surface area contributed by atoms with E-state index in [1.54, 1.807) is 27.8 Å². The Kier molecular flexibility index (Phi) is 26.3. The van der Waals surface area contributed by atoms with Crippen molar-refractivity contribution in [3.63, 3.8) is 0 Å². The lowest BCUT2D eigenvalue weighted by molar-refractivity contribution is -0.145. The molecule has 2 amide bonds. The van der Waals surface area contributed by atoms with Crippen LogP contribution in [0.5, 0.6) is 5.75 Å². The molecule has 12 heteroatoms. The topological polar surface area (TPSA) is 184 Å². The van der Waals surface area contributed by atoms with Gasteiger partial charge in [-0.3, -0.25) is 4.79 Å². The fraction of sp³-hybridized carbons (Fsp3) is 0.706. The van der Waals surface area contributed by atoms with Crippen molar-refractivity contribution >= 4 is 24.3 Å². The van der Waals surface area contributed by atoms with Gasteiger partial charge >= 0.3 is 12.1 Å². The van der Waals surface area contributed by atoms with E-state index in [4.69, 9.17) is 25.7 Å². The first-order valence-electron chi connectivity index (χ1n) is 16.4. The quantitative estimate of drug-likeness (QED) is 0.0881. The fourth-order valence-corrected chi connectivity index (χ4v) is 3.84. The number of likely N-dealkylation sites (N-methyl/N-ethyl adjacent to an activating group) is 1. The number of ether oxygens (including phenoxy) is 3. The number of nitrogens with one attached hydrogen (secondary N) is 3. The minimum atomic E-state index is -0.660. The number of carbonyl (C=O) groups is 4.